The quantitative estimate of drug-likeness (QED) is 0.549. The molecule has 0 aliphatic rings. The van der Waals surface area contributed by atoms with Crippen LogP contribution in [0.2, 0.25) is 0 Å². The van der Waals surface area contributed by atoms with Gasteiger partial charge in [-0.15, -0.1) is 11.3 Å². The fourth-order valence-corrected chi connectivity index (χ4v) is 4.03. The molecule has 3 aromatic rings. The number of hydrogen-bond acceptors (Lipinski definition) is 5. The molecular formula is C22H26N2O4S. The van der Waals surface area contributed by atoms with Crippen LogP contribution in [0.25, 0.3) is 10.2 Å². The minimum Gasteiger partial charge on any atom is -0.497 e. The molecule has 0 unspecified atom stereocenters. The number of carbonyl (C=O) groups excluding carboxylic acids is 2. The van der Waals surface area contributed by atoms with E-state index in [-0.39, 0.29) is 11.9 Å². The summed E-state index contributed by atoms with van der Waals surface area (Å²) in [7, 11) is 1.61. The molecule has 0 radical (unpaired) electrons. The molecule has 0 aliphatic heterocycles. The number of benzene rings is 1. The average Bonchev–Trinajstić information content (AvgIpc) is 3.31. The van der Waals surface area contributed by atoms with Crippen LogP contribution in [-0.2, 0) is 16.1 Å². The van der Waals surface area contributed by atoms with Gasteiger partial charge in [0, 0.05) is 12.6 Å². The van der Waals surface area contributed by atoms with Crippen molar-refractivity contribution >= 4 is 33.4 Å². The van der Waals surface area contributed by atoms with Crippen molar-refractivity contribution in [3.05, 3.63) is 53.0 Å². The van der Waals surface area contributed by atoms with Crippen LogP contribution in [0.4, 0.5) is 0 Å². The Morgan fingerprint density at radius 2 is 1.90 bits per heavy atom. The fraction of sp³-hybridized carbons (Fsp3) is 0.364. The van der Waals surface area contributed by atoms with Gasteiger partial charge >= 0.3 is 5.97 Å². The number of esters is 1. The number of ether oxygens (including phenoxy) is 2. The number of carbonyl (C=O) groups is 2. The summed E-state index contributed by atoms with van der Waals surface area (Å²) in [5, 5.41) is 4.84. The van der Waals surface area contributed by atoms with Gasteiger partial charge in [-0.1, -0.05) is 19.1 Å². The van der Waals surface area contributed by atoms with E-state index in [1.54, 1.807) is 18.4 Å². The van der Waals surface area contributed by atoms with Crippen molar-refractivity contribution in [1.82, 2.24) is 9.88 Å². The van der Waals surface area contributed by atoms with Gasteiger partial charge in [0.2, 0.25) is 0 Å². The molecule has 0 saturated heterocycles. The highest BCUT2D eigenvalue weighted by atomic mass is 32.1. The van der Waals surface area contributed by atoms with E-state index < -0.39 is 12.1 Å². The van der Waals surface area contributed by atoms with E-state index in [0.29, 0.717) is 18.7 Å². The molecule has 0 aliphatic carbocycles. The van der Waals surface area contributed by atoms with E-state index in [1.807, 2.05) is 67.1 Å². The zero-order chi connectivity index (χ0) is 21.0. The molecule has 6 nitrogen and oxygen atoms in total. The first kappa shape index (κ1) is 20.9. The van der Waals surface area contributed by atoms with Crippen LogP contribution in [-0.4, -0.2) is 29.7 Å². The van der Waals surface area contributed by atoms with Gasteiger partial charge in [0.25, 0.3) is 5.91 Å². The molecule has 1 aromatic carbocycles. The first-order chi connectivity index (χ1) is 13.9. The maximum Gasteiger partial charge on any atom is 0.355 e. The number of amides is 1. The lowest BCUT2D eigenvalue weighted by atomic mass is 10.2. The molecular weight excluding hydrogens is 388 g/mol. The monoisotopic (exact) mass is 414 g/mol. The van der Waals surface area contributed by atoms with Crippen LogP contribution in [0.3, 0.4) is 0 Å². The van der Waals surface area contributed by atoms with Crippen molar-refractivity contribution in [1.29, 1.82) is 0 Å². The van der Waals surface area contributed by atoms with Gasteiger partial charge in [0.1, 0.15) is 11.4 Å². The maximum atomic E-state index is 12.8. The normalized spacial score (nSPS) is 12.2. The second-order valence-corrected chi connectivity index (χ2v) is 7.98. The molecule has 0 spiro atoms. The average molecular weight is 415 g/mol. The van der Waals surface area contributed by atoms with Crippen molar-refractivity contribution in [2.75, 3.05) is 7.11 Å². The molecule has 154 valence electrons. The lowest BCUT2D eigenvalue weighted by molar-refractivity contribution is -0.130. The summed E-state index contributed by atoms with van der Waals surface area (Å²) >= 11 is 1.58. The van der Waals surface area contributed by atoms with Gasteiger partial charge in [-0.3, -0.25) is 4.79 Å². The minimum atomic E-state index is -0.839. The Morgan fingerprint density at radius 3 is 2.52 bits per heavy atom. The Bertz CT molecular complexity index is 988. The zero-order valence-corrected chi connectivity index (χ0v) is 17.9. The molecule has 0 bridgehead atoms. The Kier molecular flexibility index (Phi) is 6.59. The second kappa shape index (κ2) is 9.13. The Balaban J connectivity index is 1.67. The molecule has 3 rings (SSSR count). The smallest absolute Gasteiger partial charge is 0.355 e. The Morgan fingerprint density at radius 1 is 1.17 bits per heavy atom. The minimum absolute atomic E-state index is 0.105. The second-order valence-electron chi connectivity index (χ2n) is 7.03. The van der Waals surface area contributed by atoms with E-state index >= 15 is 0 Å². The number of nitrogens with zero attached hydrogens (tertiary/aromatic N) is 1. The SMILES string of the molecule is CC[C@@H](OC(=O)c1cc2sccc2n1C(C)C)C(=O)NCc1ccc(OC)cc1. The van der Waals surface area contributed by atoms with Gasteiger partial charge in [0.15, 0.2) is 6.10 Å². The Hall–Kier alpha value is -2.80. The van der Waals surface area contributed by atoms with E-state index in [2.05, 4.69) is 5.32 Å². The van der Waals surface area contributed by atoms with Crippen LogP contribution in [0.1, 0.15) is 49.3 Å². The van der Waals surface area contributed by atoms with Crippen molar-refractivity contribution in [2.45, 2.75) is 45.9 Å². The van der Waals surface area contributed by atoms with E-state index in [0.717, 1.165) is 21.5 Å². The number of rotatable bonds is 8. The fourth-order valence-electron chi connectivity index (χ4n) is 3.22. The van der Waals surface area contributed by atoms with Crippen LogP contribution < -0.4 is 10.1 Å². The molecule has 1 amide bonds. The predicted octanol–water partition coefficient (Wildman–Crippen LogP) is 4.54. The lowest BCUT2D eigenvalue weighted by Crippen LogP contribution is -2.37. The van der Waals surface area contributed by atoms with Crippen LogP contribution in [0.5, 0.6) is 5.75 Å². The summed E-state index contributed by atoms with van der Waals surface area (Å²) in [5.41, 5.74) is 2.42. The standard InChI is InChI=1S/C22H26N2O4S/c1-5-19(21(25)23-13-15-6-8-16(27-4)9-7-15)28-22(26)18-12-20-17(10-11-29-20)24(18)14(2)3/h6-12,14,19H,5,13H2,1-4H3,(H,23,25)/t19-/m1/s1. The summed E-state index contributed by atoms with van der Waals surface area (Å²) < 4.78 is 13.7. The van der Waals surface area contributed by atoms with Gasteiger partial charge in [-0.05, 0) is 55.5 Å². The number of nitrogens with one attached hydrogen (secondary N) is 1. The number of aromatic nitrogens is 1. The highest BCUT2D eigenvalue weighted by molar-refractivity contribution is 7.17. The summed E-state index contributed by atoms with van der Waals surface area (Å²) in [6, 6.07) is 11.4. The van der Waals surface area contributed by atoms with Crippen LogP contribution >= 0.6 is 11.3 Å². The molecule has 1 atom stereocenters. The molecule has 0 fully saturated rings. The number of fused-ring (bicyclic) bond motifs is 1. The van der Waals surface area contributed by atoms with Gasteiger partial charge in [0.05, 0.1) is 17.3 Å². The molecule has 7 heteroatoms. The molecule has 2 heterocycles. The van der Waals surface area contributed by atoms with Gasteiger partial charge < -0.3 is 19.4 Å². The van der Waals surface area contributed by atoms with Crippen molar-refractivity contribution in [2.24, 2.45) is 0 Å². The third-order valence-electron chi connectivity index (χ3n) is 4.72. The Labute approximate surface area is 174 Å². The number of thiophene rings is 1. The summed E-state index contributed by atoms with van der Waals surface area (Å²) in [5.74, 6) is -0.0248. The van der Waals surface area contributed by atoms with Crippen LogP contribution in [0.15, 0.2) is 41.8 Å². The summed E-state index contributed by atoms with van der Waals surface area (Å²) in [4.78, 5) is 25.4. The predicted molar refractivity (Wildman–Crippen MR) is 115 cm³/mol. The van der Waals surface area contributed by atoms with Crippen molar-refractivity contribution < 1.29 is 19.1 Å². The third kappa shape index (κ3) is 4.62. The first-order valence-corrected chi connectivity index (χ1v) is 10.5. The number of methoxy groups -OCH3 is 1. The highest BCUT2D eigenvalue weighted by Crippen LogP contribution is 2.29. The molecule has 2 aromatic heterocycles. The largest absolute Gasteiger partial charge is 0.497 e. The highest BCUT2D eigenvalue weighted by Gasteiger charge is 2.25. The van der Waals surface area contributed by atoms with E-state index in [4.69, 9.17) is 9.47 Å². The van der Waals surface area contributed by atoms with E-state index in [9.17, 15) is 9.59 Å². The van der Waals surface area contributed by atoms with Crippen LogP contribution in [0, 0.1) is 0 Å². The summed E-state index contributed by atoms with van der Waals surface area (Å²) in [6.07, 6.45) is -0.439. The summed E-state index contributed by atoms with van der Waals surface area (Å²) in [6.45, 7) is 6.22. The van der Waals surface area contributed by atoms with E-state index in [1.165, 1.54) is 0 Å². The molecule has 0 saturated carbocycles. The third-order valence-corrected chi connectivity index (χ3v) is 5.58. The van der Waals surface area contributed by atoms with Gasteiger partial charge in [-0.2, -0.15) is 0 Å². The van der Waals surface area contributed by atoms with Crippen molar-refractivity contribution in [3.63, 3.8) is 0 Å². The zero-order valence-electron chi connectivity index (χ0n) is 17.1. The number of hydrogen-bond donors (Lipinski definition) is 1. The molecule has 1 N–H and O–H groups in total. The maximum absolute atomic E-state index is 12.8. The topological polar surface area (TPSA) is 69.6 Å². The lowest BCUT2D eigenvalue weighted by Gasteiger charge is -2.18. The molecule has 29 heavy (non-hydrogen) atoms. The van der Waals surface area contributed by atoms with Crippen molar-refractivity contribution in [3.8, 4) is 5.75 Å². The van der Waals surface area contributed by atoms with Gasteiger partial charge in [-0.25, -0.2) is 4.79 Å². The first-order valence-electron chi connectivity index (χ1n) is 9.64.